The largest absolute Gasteiger partial charge is 0.497 e. The van der Waals surface area contributed by atoms with Crippen LogP contribution in [0.3, 0.4) is 0 Å². The number of amides is 1. The van der Waals surface area contributed by atoms with Gasteiger partial charge in [-0.2, -0.15) is 0 Å². The van der Waals surface area contributed by atoms with Gasteiger partial charge in [-0.25, -0.2) is 4.99 Å². The summed E-state index contributed by atoms with van der Waals surface area (Å²) in [6, 6.07) is 8.01. The van der Waals surface area contributed by atoms with Gasteiger partial charge in [0, 0.05) is 40.9 Å². The van der Waals surface area contributed by atoms with E-state index >= 15 is 0 Å². The minimum Gasteiger partial charge on any atom is -0.497 e. The number of benzene rings is 1. The van der Waals surface area contributed by atoms with Crippen molar-refractivity contribution >= 4 is 11.9 Å². The summed E-state index contributed by atoms with van der Waals surface area (Å²) in [5.74, 6) is 1.46. The van der Waals surface area contributed by atoms with Gasteiger partial charge in [0.25, 0.3) is 0 Å². The smallest absolute Gasteiger partial charge is 0.243 e. The van der Waals surface area contributed by atoms with Gasteiger partial charge in [-0.05, 0) is 36.0 Å². The lowest BCUT2D eigenvalue weighted by molar-refractivity contribution is -0.127. The molecule has 0 saturated heterocycles. The van der Waals surface area contributed by atoms with Crippen molar-refractivity contribution in [2.45, 2.75) is 26.7 Å². The van der Waals surface area contributed by atoms with Crippen molar-refractivity contribution < 1.29 is 14.3 Å². The molecule has 0 spiro atoms. The first-order chi connectivity index (χ1) is 13.3. The number of carbonyl (C=O) groups is 1. The van der Waals surface area contributed by atoms with Crippen molar-refractivity contribution in [3.8, 4) is 5.75 Å². The summed E-state index contributed by atoms with van der Waals surface area (Å²) in [4.78, 5) is 17.9. The molecule has 28 heavy (non-hydrogen) atoms. The van der Waals surface area contributed by atoms with E-state index in [-0.39, 0.29) is 17.9 Å². The van der Waals surface area contributed by atoms with Gasteiger partial charge in [0.1, 0.15) is 12.3 Å². The van der Waals surface area contributed by atoms with Crippen LogP contribution < -0.4 is 15.4 Å². The van der Waals surface area contributed by atoms with Crippen molar-refractivity contribution in [2.75, 3.05) is 54.6 Å². The highest BCUT2D eigenvalue weighted by molar-refractivity contribution is 5.84. The summed E-state index contributed by atoms with van der Waals surface area (Å²) in [6.45, 7) is 6.64. The van der Waals surface area contributed by atoms with E-state index in [9.17, 15) is 4.79 Å². The third kappa shape index (κ3) is 9.60. The Morgan fingerprint density at radius 2 is 1.82 bits per heavy atom. The normalized spacial score (nSPS) is 11.9. The van der Waals surface area contributed by atoms with Crippen LogP contribution >= 0.6 is 0 Å². The second-order valence-corrected chi connectivity index (χ2v) is 7.74. The Hall–Kier alpha value is -2.28. The van der Waals surface area contributed by atoms with Crippen LogP contribution in [0.2, 0.25) is 0 Å². The van der Waals surface area contributed by atoms with Gasteiger partial charge >= 0.3 is 0 Å². The summed E-state index contributed by atoms with van der Waals surface area (Å²) >= 11 is 0. The van der Waals surface area contributed by atoms with Gasteiger partial charge in [0.15, 0.2) is 5.96 Å². The summed E-state index contributed by atoms with van der Waals surface area (Å²) < 4.78 is 10.4. The summed E-state index contributed by atoms with van der Waals surface area (Å²) in [5, 5.41) is 6.69. The second kappa shape index (κ2) is 12.2. The molecule has 0 aliphatic carbocycles. The minimum atomic E-state index is -0.0325. The molecule has 1 aromatic carbocycles. The number of nitrogens with one attached hydrogen (secondary N) is 2. The van der Waals surface area contributed by atoms with Gasteiger partial charge in [-0.15, -0.1) is 0 Å². The van der Waals surface area contributed by atoms with Crippen LogP contribution in [-0.2, 0) is 16.0 Å². The molecule has 1 rings (SSSR count). The van der Waals surface area contributed by atoms with E-state index < -0.39 is 0 Å². The molecule has 0 unspecified atom stereocenters. The molecule has 0 heterocycles. The molecule has 0 radical (unpaired) electrons. The molecule has 0 atom stereocenters. The number of carbonyl (C=O) groups excluding carboxylic acids is 1. The molecule has 0 aliphatic rings. The third-order valence-corrected chi connectivity index (χ3v) is 4.45. The third-order valence-electron chi connectivity index (χ3n) is 4.45. The molecule has 158 valence electrons. The number of aliphatic imine (C=N–C) groups is 1. The lowest BCUT2D eigenvalue weighted by atomic mass is 9.90. The van der Waals surface area contributed by atoms with Crippen LogP contribution in [0, 0.1) is 5.41 Å². The lowest BCUT2D eigenvalue weighted by Crippen LogP contribution is -2.43. The summed E-state index contributed by atoms with van der Waals surface area (Å²) in [6.07, 6.45) is 1.78. The van der Waals surface area contributed by atoms with Crippen molar-refractivity contribution in [1.29, 1.82) is 0 Å². The zero-order valence-corrected chi connectivity index (χ0v) is 18.2. The van der Waals surface area contributed by atoms with E-state index in [1.165, 1.54) is 5.56 Å². The standard InChI is InChI=1S/C21H36N4O3/c1-21(2,12-14-27-5)16-24-20(23-15-19(26)25(3)4)22-13-11-17-7-9-18(28-6)10-8-17/h7-10H,11-16H2,1-6H3,(H2,22,23,24). The van der Waals surface area contributed by atoms with E-state index in [0.29, 0.717) is 19.1 Å². The first-order valence-corrected chi connectivity index (χ1v) is 9.61. The average Bonchev–Trinajstić information content (AvgIpc) is 2.68. The Balaban J connectivity index is 2.63. The Kier molecular flexibility index (Phi) is 10.4. The highest BCUT2D eigenvalue weighted by Gasteiger charge is 2.18. The number of hydrogen-bond donors (Lipinski definition) is 2. The van der Waals surface area contributed by atoms with Gasteiger partial charge in [-0.3, -0.25) is 4.79 Å². The Morgan fingerprint density at radius 3 is 2.39 bits per heavy atom. The summed E-state index contributed by atoms with van der Waals surface area (Å²) in [5.41, 5.74) is 1.26. The van der Waals surface area contributed by atoms with Gasteiger partial charge in [0.05, 0.1) is 7.11 Å². The van der Waals surface area contributed by atoms with E-state index in [2.05, 4.69) is 29.5 Å². The van der Waals surface area contributed by atoms with Crippen LogP contribution in [0.5, 0.6) is 5.75 Å². The zero-order valence-electron chi connectivity index (χ0n) is 18.2. The maximum Gasteiger partial charge on any atom is 0.243 e. The highest BCUT2D eigenvalue weighted by atomic mass is 16.5. The first-order valence-electron chi connectivity index (χ1n) is 9.61. The maximum absolute atomic E-state index is 11.9. The topological polar surface area (TPSA) is 75.2 Å². The van der Waals surface area contributed by atoms with Gasteiger partial charge in [0.2, 0.25) is 5.91 Å². The lowest BCUT2D eigenvalue weighted by Gasteiger charge is -2.26. The predicted octanol–water partition coefficient (Wildman–Crippen LogP) is 1.92. The summed E-state index contributed by atoms with van der Waals surface area (Å²) in [7, 11) is 6.84. The Labute approximate surface area is 169 Å². The fourth-order valence-corrected chi connectivity index (χ4v) is 2.37. The fourth-order valence-electron chi connectivity index (χ4n) is 2.37. The molecule has 0 fully saturated rings. The predicted molar refractivity (Wildman–Crippen MR) is 114 cm³/mol. The van der Waals surface area contributed by atoms with Crippen molar-refractivity contribution in [3.63, 3.8) is 0 Å². The Morgan fingerprint density at radius 1 is 1.14 bits per heavy atom. The maximum atomic E-state index is 11.9. The zero-order chi connectivity index (χ0) is 21.0. The number of ether oxygens (including phenoxy) is 2. The van der Waals surface area contributed by atoms with E-state index in [1.54, 1.807) is 33.2 Å². The number of methoxy groups -OCH3 is 2. The molecule has 2 N–H and O–H groups in total. The van der Waals surface area contributed by atoms with Crippen molar-refractivity contribution in [3.05, 3.63) is 29.8 Å². The minimum absolute atomic E-state index is 0.0325. The monoisotopic (exact) mass is 392 g/mol. The number of hydrogen-bond acceptors (Lipinski definition) is 4. The van der Waals surface area contributed by atoms with Crippen LogP contribution in [0.15, 0.2) is 29.3 Å². The molecular formula is C21H36N4O3. The van der Waals surface area contributed by atoms with E-state index in [4.69, 9.17) is 9.47 Å². The van der Waals surface area contributed by atoms with E-state index in [1.807, 2.05) is 24.3 Å². The second-order valence-electron chi connectivity index (χ2n) is 7.74. The molecular weight excluding hydrogens is 356 g/mol. The molecule has 0 bridgehead atoms. The molecule has 0 aliphatic heterocycles. The van der Waals surface area contributed by atoms with Gasteiger partial charge in [-0.1, -0.05) is 26.0 Å². The van der Waals surface area contributed by atoms with Crippen LogP contribution in [0.25, 0.3) is 0 Å². The number of likely N-dealkylation sites (N-methyl/N-ethyl adjacent to an activating group) is 1. The van der Waals surface area contributed by atoms with Crippen LogP contribution in [0.4, 0.5) is 0 Å². The van der Waals surface area contributed by atoms with Crippen LogP contribution in [0.1, 0.15) is 25.8 Å². The quantitative estimate of drug-likeness (QED) is 0.445. The highest BCUT2D eigenvalue weighted by Crippen LogP contribution is 2.18. The molecule has 7 heteroatoms. The number of nitrogens with zero attached hydrogens (tertiary/aromatic N) is 2. The average molecular weight is 393 g/mol. The Bertz CT molecular complexity index is 613. The molecule has 1 aromatic rings. The van der Waals surface area contributed by atoms with Crippen molar-refractivity contribution in [2.24, 2.45) is 10.4 Å². The molecule has 0 aromatic heterocycles. The van der Waals surface area contributed by atoms with Crippen LogP contribution in [-0.4, -0.2) is 71.3 Å². The SMILES string of the molecule is COCCC(C)(C)CNC(=NCC(=O)N(C)C)NCCc1ccc(OC)cc1. The van der Waals surface area contributed by atoms with E-state index in [0.717, 1.165) is 25.1 Å². The molecule has 0 saturated carbocycles. The number of guanidine groups is 1. The van der Waals surface area contributed by atoms with Gasteiger partial charge < -0.3 is 25.0 Å². The van der Waals surface area contributed by atoms with Crippen molar-refractivity contribution in [1.82, 2.24) is 15.5 Å². The molecule has 7 nitrogen and oxygen atoms in total. The number of rotatable bonds is 11. The fraction of sp³-hybridized carbons (Fsp3) is 0.619. The first kappa shape index (κ1) is 23.8. The molecule has 1 amide bonds.